The average molecular weight is 639 g/mol. The van der Waals surface area contributed by atoms with Gasteiger partial charge in [0.1, 0.15) is 10.1 Å². The van der Waals surface area contributed by atoms with Crippen LogP contribution in [0, 0.1) is 11.8 Å². The summed E-state index contributed by atoms with van der Waals surface area (Å²) in [6, 6.07) is 0. The number of rotatable bonds is 20. The van der Waals surface area contributed by atoms with Gasteiger partial charge in [0.15, 0.2) is 17.5 Å². The Morgan fingerprint density at radius 2 is 1.14 bits per heavy atom. The van der Waals surface area contributed by atoms with E-state index in [0.717, 1.165) is 51.4 Å². The van der Waals surface area contributed by atoms with Crippen LogP contribution in [0.15, 0.2) is 0 Å². The molecule has 14 nitrogen and oxygen atoms in total. The average Bonchev–Trinajstić information content (AvgIpc) is 2.94. The van der Waals surface area contributed by atoms with Crippen LogP contribution < -0.4 is 29.6 Å². The second kappa shape index (κ2) is 26.3. The van der Waals surface area contributed by atoms with E-state index in [2.05, 4.69) is 18.6 Å². The summed E-state index contributed by atoms with van der Waals surface area (Å²) in [6.45, 7) is 6.49. The van der Waals surface area contributed by atoms with E-state index in [0.29, 0.717) is 0 Å². The molecule has 0 radical (unpaired) electrons. The van der Waals surface area contributed by atoms with E-state index in [1.807, 2.05) is 13.8 Å². The summed E-state index contributed by atoms with van der Waals surface area (Å²) in [5.41, 5.74) is 0. The molecule has 0 amide bonds. The van der Waals surface area contributed by atoms with Crippen LogP contribution in [-0.2, 0) is 43.5 Å². The van der Waals surface area contributed by atoms with Gasteiger partial charge >= 0.3 is 53.4 Å². The Balaban J connectivity index is -0.000000914. The number of aliphatic hydroxyl groups is 4. The largest absolute Gasteiger partial charge is 1.00 e. The molecule has 0 aliphatic rings. The fourth-order valence-corrected chi connectivity index (χ4v) is 3.84. The van der Waals surface area contributed by atoms with Gasteiger partial charge < -0.3 is 39.2 Å². The van der Waals surface area contributed by atoms with Crippen LogP contribution in [0.2, 0.25) is 0 Å². The number of esters is 4. The predicted molar refractivity (Wildman–Crippen MR) is 144 cm³/mol. The Labute approximate surface area is 270 Å². The summed E-state index contributed by atoms with van der Waals surface area (Å²) in [6.07, 6.45) is 2.93. The standard InChI is InChI=1S/C20H38O7S.C6H10O7.Na/c1-5-9-11-16(7-3)14-26-19(21)13-18(28(23,24)25)20(22)27-15-17(8-4)12-10-6-2;7-1-3(9)5(11)13-6(12)4(10)2-8;/h16-18H,5-15H2,1-4H3,(H,23,24,25);3-4,7-10H,1-2H2;/q;;+1/p-1. The normalized spacial score (nSPS) is 14.5. The van der Waals surface area contributed by atoms with Crippen LogP contribution in [0.1, 0.15) is 85.5 Å². The van der Waals surface area contributed by atoms with Gasteiger partial charge in [0.05, 0.1) is 32.8 Å². The zero-order valence-electron chi connectivity index (χ0n) is 25.4. The van der Waals surface area contributed by atoms with Gasteiger partial charge in [-0.3, -0.25) is 9.59 Å². The van der Waals surface area contributed by atoms with Crippen molar-refractivity contribution in [2.75, 3.05) is 26.4 Å². The van der Waals surface area contributed by atoms with Crippen molar-refractivity contribution < 1.29 is 96.3 Å². The van der Waals surface area contributed by atoms with E-state index in [1.54, 1.807) is 0 Å². The van der Waals surface area contributed by atoms with Gasteiger partial charge in [-0.05, 0) is 24.7 Å². The van der Waals surface area contributed by atoms with Crippen LogP contribution in [0.4, 0.5) is 0 Å². The van der Waals surface area contributed by atoms with Crippen molar-refractivity contribution in [2.24, 2.45) is 11.8 Å². The van der Waals surface area contributed by atoms with E-state index in [4.69, 9.17) is 29.9 Å². The second-order valence-corrected chi connectivity index (χ2v) is 11.0. The molecule has 4 N–H and O–H groups in total. The maximum Gasteiger partial charge on any atom is 1.00 e. The Bertz CT molecular complexity index is 847. The molecule has 42 heavy (non-hydrogen) atoms. The molecule has 0 aromatic heterocycles. The van der Waals surface area contributed by atoms with E-state index >= 15 is 0 Å². The molecule has 5 unspecified atom stereocenters. The van der Waals surface area contributed by atoms with Gasteiger partial charge in [-0.1, -0.05) is 66.2 Å². The first kappa shape index (κ1) is 45.3. The van der Waals surface area contributed by atoms with Crippen molar-refractivity contribution >= 4 is 34.0 Å². The number of hydrogen-bond acceptors (Lipinski definition) is 14. The molecule has 0 saturated heterocycles. The third-order valence-electron chi connectivity index (χ3n) is 6.08. The molecular weight excluding hydrogens is 591 g/mol. The molecule has 5 atom stereocenters. The SMILES string of the molecule is CCCCC(CC)COC(=O)CC(C(=O)OCC(CC)CCCC)S(=O)(=O)[O-].O=C(OC(=O)C(O)CO)C(O)CO.[Na+]. The minimum Gasteiger partial charge on any atom is -0.747 e. The van der Waals surface area contributed by atoms with Crippen molar-refractivity contribution in [3.05, 3.63) is 0 Å². The van der Waals surface area contributed by atoms with Crippen molar-refractivity contribution in [3.63, 3.8) is 0 Å². The summed E-state index contributed by atoms with van der Waals surface area (Å²) < 4.78 is 48.4. The Morgan fingerprint density at radius 1 is 0.738 bits per heavy atom. The fraction of sp³-hybridized carbons (Fsp3) is 0.846. The van der Waals surface area contributed by atoms with E-state index < -0.39 is 71.1 Å². The van der Waals surface area contributed by atoms with Gasteiger partial charge in [0.2, 0.25) is 0 Å². The topological polar surface area (TPSA) is 234 Å². The smallest absolute Gasteiger partial charge is 0.747 e. The van der Waals surface area contributed by atoms with Crippen molar-refractivity contribution in [1.29, 1.82) is 0 Å². The van der Waals surface area contributed by atoms with Gasteiger partial charge in [0, 0.05) is 0 Å². The maximum absolute atomic E-state index is 12.1. The molecule has 0 aromatic rings. The first-order chi connectivity index (χ1) is 19.2. The molecule has 242 valence electrons. The Morgan fingerprint density at radius 3 is 1.48 bits per heavy atom. The molecule has 0 fully saturated rings. The minimum atomic E-state index is -5.01. The molecule has 0 aliphatic heterocycles. The van der Waals surface area contributed by atoms with E-state index in [9.17, 15) is 32.1 Å². The van der Waals surface area contributed by atoms with Crippen LogP contribution in [-0.4, -0.2) is 101 Å². The van der Waals surface area contributed by atoms with E-state index in [1.165, 1.54) is 0 Å². The third-order valence-corrected chi connectivity index (χ3v) is 7.14. The van der Waals surface area contributed by atoms with Gasteiger partial charge in [-0.25, -0.2) is 18.0 Å². The van der Waals surface area contributed by atoms with Gasteiger partial charge in [-0.2, -0.15) is 0 Å². The molecular formula is C26H47NaO14S. The Hall–Kier alpha value is -1.17. The molecule has 0 bridgehead atoms. The van der Waals surface area contributed by atoms with Crippen LogP contribution >= 0.6 is 0 Å². The maximum atomic E-state index is 12.1. The molecule has 16 heteroatoms. The van der Waals surface area contributed by atoms with Crippen LogP contribution in [0.5, 0.6) is 0 Å². The first-order valence-corrected chi connectivity index (χ1v) is 15.3. The van der Waals surface area contributed by atoms with Crippen molar-refractivity contribution in [1.82, 2.24) is 0 Å². The van der Waals surface area contributed by atoms with E-state index in [-0.39, 0.29) is 54.6 Å². The summed E-state index contributed by atoms with van der Waals surface area (Å²) in [5.74, 6) is -4.49. The minimum absolute atomic E-state index is 0. The first-order valence-electron chi connectivity index (χ1n) is 13.8. The zero-order chi connectivity index (χ0) is 32.0. The zero-order valence-corrected chi connectivity index (χ0v) is 28.2. The predicted octanol–water partition coefficient (Wildman–Crippen LogP) is -2.42. The number of ether oxygens (including phenoxy) is 3. The summed E-state index contributed by atoms with van der Waals surface area (Å²) in [7, 11) is -5.01. The molecule has 0 saturated carbocycles. The van der Waals surface area contributed by atoms with Crippen molar-refractivity contribution in [3.8, 4) is 0 Å². The van der Waals surface area contributed by atoms with Crippen LogP contribution in [0.3, 0.4) is 0 Å². The number of carbonyl (C=O) groups excluding carboxylic acids is 4. The molecule has 0 spiro atoms. The number of unbranched alkanes of at least 4 members (excludes halogenated alkanes) is 2. The second-order valence-electron chi connectivity index (χ2n) is 9.47. The summed E-state index contributed by atoms with van der Waals surface area (Å²) in [5, 5.41) is 31.6. The molecule has 0 heterocycles. The van der Waals surface area contributed by atoms with Crippen LogP contribution in [0.25, 0.3) is 0 Å². The number of carbonyl (C=O) groups is 4. The van der Waals surface area contributed by atoms with Gasteiger partial charge in [0.25, 0.3) is 0 Å². The number of hydrogen-bond donors (Lipinski definition) is 4. The van der Waals surface area contributed by atoms with Gasteiger partial charge in [-0.15, -0.1) is 0 Å². The quantitative estimate of drug-likeness (QED) is 0.0357. The fourth-order valence-electron chi connectivity index (χ4n) is 3.20. The molecule has 0 aliphatic carbocycles. The molecule has 0 rings (SSSR count). The van der Waals surface area contributed by atoms with Crippen molar-refractivity contribution in [2.45, 2.75) is 103 Å². The summed E-state index contributed by atoms with van der Waals surface area (Å²) in [4.78, 5) is 45.3. The monoisotopic (exact) mass is 638 g/mol. The number of aliphatic hydroxyl groups excluding tert-OH is 4. The molecule has 0 aromatic carbocycles. The Kier molecular flexibility index (Phi) is 28.3. The summed E-state index contributed by atoms with van der Waals surface area (Å²) >= 11 is 0. The third kappa shape index (κ3) is 21.5.